The van der Waals surface area contributed by atoms with E-state index in [0.29, 0.717) is 0 Å². The van der Waals surface area contributed by atoms with Crippen LogP contribution in [0.4, 0.5) is 0 Å². The maximum Gasteiger partial charge on any atom is 0.261 e. The first-order valence-corrected chi connectivity index (χ1v) is 14.0. The van der Waals surface area contributed by atoms with Crippen LogP contribution in [0.1, 0.15) is 62.2 Å². The fourth-order valence-electron chi connectivity index (χ4n) is 5.73. The molecule has 2 aliphatic carbocycles. The van der Waals surface area contributed by atoms with Crippen molar-refractivity contribution in [1.29, 1.82) is 0 Å². The Hall–Kier alpha value is -2.81. The smallest absolute Gasteiger partial charge is 0.261 e. The van der Waals surface area contributed by atoms with Gasteiger partial charge >= 0.3 is 0 Å². The Labute approximate surface area is 215 Å². The van der Waals surface area contributed by atoms with Gasteiger partial charge in [0.2, 0.25) is 0 Å². The zero-order valence-electron chi connectivity index (χ0n) is 21.3. The van der Waals surface area contributed by atoms with Crippen molar-refractivity contribution in [3.8, 4) is 22.3 Å². The van der Waals surface area contributed by atoms with Crippen LogP contribution in [0.2, 0.25) is 0 Å². The Morgan fingerprint density at radius 2 is 0.778 bits per heavy atom. The molecule has 0 atom stereocenters. The van der Waals surface area contributed by atoms with Crippen LogP contribution in [0.15, 0.2) is 97.1 Å². The van der Waals surface area contributed by atoms with E-state index in [1.54, 1.807) is 0 Å². The van der Waals surface area contributed by atoms with Crippen molar-refractivity contribution in [2.24, 2.45) is 0 Å². The summed E-state index contributed by atoms with van der Waals surface area (Å²) in [5.41, 5.74) is 9.89. The van der Waals surface area contributed by atoms with Gasteiger partial charge in [0.15, 0.2) is 0 Å². The largest absolute Gasteiger partial charge is 0.309 e. The summed E-state index contributed by atoms with van der Waals surface area (Å²) < 4.78 is 16.6. The molecule has 6 rings (SSSR count). The fourth-order valence-corrected chi connectivity index (χ4v) is 7.57. The zero-order valence-corrected chi connectivity index (χ0v) is 22.2. The van der Waals surface area contributed by atoms with E-state index in [4.69, 9.17) is 9.05 Å². The summed E-state index contributed by atoms with van der Waals surface area (Å²) in [6.07, 6.45) is -0.314. The minimum absolute atomic E-state index is 0.157. The summed E-state index contributed by atoms with van der Waals surface area (Å²) in [4.78, 5) is 0. The molecule has 36 heavy (non-hydrogen) atoms. The SMILES string of the molecule is CC(C)N(C(C)C)P(OC1c2ccccc2-c2ccccc21)OC1c2ccccc2-c2ccccc21. The molecule has 0 saturated carbocycles. The number of hydrogen-bond donors (Lipinski definition) is 0. The van der Waals surface area contributed by atoms with Crippen LogP contribution in [-0.2, 0) is 9.05 Å². The van der Waals surface area contributed by atoms with E-state index in [2.05, 4.69) is 129 Å². The first kappa shape index (κ1) is 23.6. The Morgan fingerprint density at radius 3 is 1.06 bits per heavy atom. The Morgan fingerprint density at radius 1 is 0.500 bits per heavy atom. The predicted molar refractivity (Wildman–Crippen MR) is 149 cm³/mol. The lowest BCUT2D eigenvalue weighted by molar-refractivity contribution is 0.131. The molecule has 0 N–H and O–H groups in total. The number of fused-ring (bicyclic) bond motifs is 6. The van der Waals surface area contributed by atoms with Gasteiger partial charge in [0.05, 0.1) is 0 Å². The Kier molecular flexibility index (Phi) is 6.27. The molecule has 0 amide bonds. The molecule has 4 aromatic rings. The number of hydrogen-bond acceptors (Lipinski definition) is 3. The van der Waals surface area contributed by atoms with Crippen LogP contribution >= 0.6 is 8.53 Å². The lowest BCUT2D eigenvalue weighted by Gasteiger charge is -2.38. The van der Waals surface area contributed by atoms with Crippen LogP contribution in [0.3, 0.4) is 0 Å². The van der Waals surface area contributed by atoms with Gasteiger partial charge in [-0.3, -0.25) is 0 Å². The monoisotopic (exact) mass is 493 g/mol. The second-order valence-corrected chi connectivity index (χ2v) is 11.5. The van der Waals surface area contributed by atoms with E-state index < -0.39 is 8.53 Å². The van der Waals surface area contributed by atoms with Gasteiger partial charge in [-0.05, 0) is 72.2 Å². The first-order valence-electron chi connectivity index (χ1n) is 12.8. The molecule has 3 nitrogen and oxygen atoms in total. The summed E-state index contributed by atoms with van der Waals surface area (Å²) in [5, 5.41) is 0. The van der Waals surface area contributed by atoms with Crippen molar-refractivity contribution < 1.29 is 9.05 Å². The molecular weight excluding hydrogens is 461 g/mol. The van der Waals surface area contributed by atoms with Gasteiger partial charge in [-0.25, -0.2) is 4.67 Å². The third-order valence-corrected chi connectivity index (χ3v) is 9.27. The highest BCUT2D eigenvalue weighted by Gasteiger charge is 2.39. The van der Waals surface area contributed by atoms with E-state index in [1.165, 1.54) is 44.5 Å². The van der Waals surface area contributed by atoms with Crippen molar-refractivity contribution >= 4 is 8.53 Å². The minimum atomic E-state index is -1.39. The highest BCUT2D eigenvalue weighted by atomic mass is 31.2. The second kappa shape index (κ2) is 9.57. The van der Waals surface area contributed by atoms with Gasteiger partial charge in [-0.2, -0.15) is 0 Å². The summed E-state index contributed by atoms with van der Waals surface area (Å²) in [6.45, 7) is 8.93. The van der Waals surface area contributed by atoms with Crippen molar-refractivity contribution in [2.75, 3.05) is 0 Å². The molecule has 182 valence electrons. The minimum Gasteiger partial charge on any atom is -0.309 e. The van der Waals surface area contributed by atoms with Gasteiger partial charge in [0.25, 0.3) is 8.53 Å². The zero-order chi connectivity index (χ0) is 24.8. The molecule has 0 saturated heterocycles. The molecule has 0 heterocycles. The van der Waals surface area contributed by atoms with Gasteiger partial charge < -0.3 is 9.05 Å². The van der Waals surface area contributed by atoms with Gasteiger partial charge in [-0.15, -0.1) is 0 Å². The average Bonchev–Trinajstić information content (AvgIpc) is 3.37. The standard InChI is InChI=1S/C32H32NO2P/c1-21(2)33(22(3)4)36(34-31-27-17-9-5-13-23(27)24-14-6-10-18-28(24)31)35-32-29-19-11-7-15-25(29)26-16-8-12-20-30(26)32/h5-22,31-32H,1-4H3. The molecule has 2 aliphatic rings. The summed E-state index contributed by atoms with van der Waals surface area (Å²) in [6, 6.07) is 35.0. The normalized spacial score (nSPS) is 14.6. The molecule has 0 aliphatic heterocycles. The summed E-state index contributed by atoms with van der Waals surface area (Å²) >= 11 is 0. The van der Waals surface area contributed by atoms with E-state index >= 15 is 0 Å². The molecule has 4 heteroatoms. The molecule has 0 aromatic heterocycles. The quantitative estimate of drug-likeness (QED) is 0.240. The fraction of sp³-hybridized carbons (Fsp3) is 0.250. The molecular formula is C32H32NO2P. The molecule has 0 spiro atoms. The summed E-state index contributed by atoms with van der Waals surface area (Å²) in [7, 11) is -1.39. The lowest BCUT2D eigenvalue weighted by atomic mass is 10.1. The van der Waals surface area contributed by atoms with Gasteiger partial charge in [0, 0.05) is 12.1 Å². The van der Waals surface area contributed by atoms with Crippen LogP contribution < -0.4 is 0 Å². The van der Waals surface area contributed by atoms with E-state index in [-0.39, 0.29) is 24.3 Å². The van der Waals surface area contributed by atoms with E-state index in [0.717, 1.165) is 0 Å². The highest BCUT2D eigenvalue weighted by Crippen LogP contribution is 2.60. The van der Waals surface area contributed by atoms with Crippen LogP contribution in [0.5, 0.6) is 0 Å². The summed E-state index contributed by atoms with van der Waals surface area (Å²) in [5.74, 6) is 0. The maximum absolute atomic E-state index is 7.11. The average molecular weight is 494 g/mol. The van der Waals surface area contributed by atoms with E-state index in [1.807, 2.05) is 0 Å². The number of nitrogens with zero attached hydrogens (tertiary/aromatic N) is 1. The van der Waals surface area contributed by atoms with Crippen molar-refractivity contribution in [2.45, 2.75) is 52.0 Å². The molecule has 0 fully saturated rings. The van der Waals surface area contributed by atoms with Crippen molar-refractivity contribution in [3.05, 3.63) is 119 Å². The lowest BCUT2D eigenvalue weighted by Crippen LogP contribution is -2.34. The Balaban J connectivity index is 1.43. The maximum atomic E-state index is 7.11. The number of benzene rings is 4. The van der Waals surface area contributed by atoms with Crippen molar-refractivity contribution in [3.63, 3.8) is 0 Å². The van der Waals surface area contributed by atoms with Crippen LogP contribution in [0.25, 0.3) is 22.3 Å². The van der Waals surface area contributed by atoms with Crippen LogP contribution in [0, 0.1) is 0 Å². The molecule has 4 aromatic carbocycles. The number of rotatable bonds is 7. The van der Waals surface area contributed by atoms with Crippen LogP contribution in [-0.4, -0.2) is 16.8 Å². The first-order chi connectivity index (χ1) is 17.5. The predicted octanol–water partition coefficient (Wildman–Crippen LogP) is 8.91. The third kappa shape index (κ3) is 3.92. The Bertz CT molecular complexity index is 1200. The molecule has 0 radical (unpaired) electrons. The van der Waals surface area contributed by atoms with E-state index in [9.17, 15) is 0 Å². The topological polar surface area (TPSA) is 21.7 Å². The molecule has 0 bridgehead atoms. The van der Waals surface area contributed by atoms with Gasteiger partial charge in [0.1, 0.15) is 12.2 Å². The van der Waals surface area contributed by atoms with Crippen molar-refractivity contribution in [1.82, 2.24) is 4.67 Å². The second-order valence-electron chi connectivity index (χ2n) is 10.1. The highest BCUT2D eigenvalue weighted by molar-refractivity contribution is 7.44. The molecule has 0 unspecified atom stereocenters. The van der Waals surface area contributed by atoms with Gasteiger partial charge in [-0.1, -0.05) is 97.1 Å². The third-order valence-electron chi connectivity index (χ3n) is 7.19.